The fourth-order valence-corrected chi connectivity index (χ4v) is 21.1. The Morgan fingerprint density at radius 1 is 0.250 bits per heavy atom. The van der Waals surface area contributed by atoms with Gasteiger partial charge in [-0.15, -0.1) is 0 Å². The van der Waals surface area contributed by atoms with Gasteiger partial charge in [-0.3, -0.25) is 0 Å². The second-order valence-corrected chi connectivity index (χ2v) is 33.8. The van der Waals surface area contributed by atoms with Crippen LogP contribution < -0.4 is 9.80 Å². The first-order valence-electron chi connectivity index (χ1n) is 39.4. The van der Waals surface area contributed by atoms with Crippen molar-refractivity contribution in [2.75, 3.05) is 9.80 Å². The molecule has 6 aliphatic carbocycles. The zero-order valence-corrected chi connectivity index (χ0v) is 63.3. The number of fused-ring (bicyclic) bond motifs is 9. The lowest BCUT2D eigenvalue weighted by atomic mass is 9.48. The van der Waals surface area contributed by atoms with Gasteiger partial charge in [0.05, 0.1) is 17.1 Å². The fraction of sp³-hybridized carbons (Fsp3) is 0.189. The van der Waals surface area contributed by atoms with E-state index in [1.165, 1.54) is 194 Å². The summed E-state index contributed by atoms with van der Waals surface area (Å²) in [6.45, 7) is 18.5. The topological polar surface area (TPSA) is 6.48 Å². The molecule has 0 atom stereocenters. The number of aryl methyl sites for hydroxylation is 4. The molecule has 0 N–H and O–H groups in total. The van der Waals surface area contributed by atoms with E-state index in [1.54, 1.807) is 5.56 Å². The Morgan fingerprint density at radius 2 is 0.676 bits per heavy atom. The smallest absolute Gasteiger partial charge is 0.0546 e. The number of benzene rings is 15. The minimum absolute atomic E-state index is 0.172. The molecule has 0 saturated heterocycles. The van der Waals surface area contributed by atoms with Crippen LogP contribution in [0.4, 0.5) is 34.1 Å². The molecule has 108 heavy (non-hydrogen) atoms. The minimum Gasteiger partial charge on any atom is -0.310 e. The summed E-state index contributed by atoms with van der Waals surface area (Å²) in [7, 11) is 0. The molecule has 21 rings (SSSR count). The predicted molar refractivity (Wildman–Crippen MR) is 457 cm³/mol. The third kappa shape index (κ3) is 11.0. The van der Waals surface area contributed by atoms with Crippen molar-refractivity contribution in [2.24, 2.45) is 17.8 Å². The highest BCUT2D eigenvalue weighted by Crippen LogP contribution is 2.62. The Kier molecular flexibility index (Phi) is 15.4. The van der Waals surface area contributed by atoms with E-state index in [2.05, 4.69) is 375 Å². The van der Waals surface area contributed by atoms with Crippen molar-refractivity contribution < 1.29 is 0 Å². The third-order valence-corrected chi connectivity index (χ3v) is 26.0. The molecule has 0 radical (unpaired) electrons. The number of nitrogens with zero attached hydrogens (tertiary/aromatic N) is 2. The average Bonchev–Trinajstić information content (AvgIpc) is 1.43. The minimum atomic E-state index is -0.299. The van der Waals surface area contributed by atoms with Crippen LogP contribution in [-0.2, 0) is 16.2 Å². The quantitative estimate of drug-likeness (QED) is 0.106. The number of hydrogen-bond acceptors (Lipinski definition) is 2. The van der Waals surface area contributed by atoms with E-state index in [9.17, 15) is 0 Å². The molecule has 15 aromatic carbocycles. The lowest BCUT2D eigenvalue weighted by Crippen LogP contribution is -2.48. The maximum Gasteiger partial charge on any atom is 0.0546 e. The van der Waals surface area contributed by atoms with Crippen molar-refractivity contribution in [3.63, 3.8) is 0 Å². The Morgan fingerprint density at radius 3 is 1.28 bits per heavy atom. The van der Waals surface area contributed by atoms with Crippen LogP contribution in [0.1, 0.15) is 116 Å². The fourth-order valence-electron chi connectivity index (χ4n) is 21.1. The van der Waals surface area contributed by atoms with Gasteiger partial charge in [-0.2, -0.15) is 0 Å². The summed E-state index contributed by atoms with van der Waals surface area (Å²) in [4.78, 5) is 5.09. The van der Waals surface area contributed by atoms with E-state index in [0.717, 1.165) is 51.9 Å². The first-order valence-corrected chi connectivity index (χ1v) is 39.4. The predicted octanol–water partition coefficient (Wildman–Crippen LogP) is 29.2. The van der Waals surface area contributed by atoms with Gasteiger partial charge in [0, 0.05) is 44.4 Å². The van der Waals surface area contributed by atoms with Gasteiger partial charge in [0.15, 0.2) is 0 Å². The van der Waals surface area contributed by atoms with Crippen LogP contribution in [0.3, 0.4) is 0 Å². The molecular formula is C106H90N2. The van der Waals surface area contributed by atoms with E-state index in [-0.39, 0.29) is 10.8 Å². The lowest BCUT2D eigenvalue weighted by molar-refractivity contribution is -0.00518. The summed E-state index contributed by atoms with van der Waals surface area (Å²) in [6, 6.07) is 119. The van der Waals surface area contributed by atoms with E-state index in [4.69, 9.17) is 0 Å². The van der Waals surface area contributed by atoms with Gasteiger partial charge in [0.25, 0.3) is 0 Å². The van der Waals surface area contributed by atoms with Gasteiger partial charge >= 0.3 is 0 Å². The van der Waals surface area contributed by atoms with Crippen molar-refractivity contribution in [1.29, 1.82) is 0 Å². The van der Waals surface area contributed by atoms with Gasteiger partial charge in [0.2, 0.25) is 0 Å². The molecule has 0 aromatic heterocycles. The molecule has 0 aliphatic heterocycles. The van der Waals surface area contributed by atoms with Crippen molar-refractivity contribution in [3.05, 3.63) is 359 Å². The standard InChI is InChI=1S/C106H90N2/c1-66-18-15-22-75(48-66)76-35-47-102(95(57-76)80-24-17-20-68(3)50-80)108(103-60-81-21-9-10-25-88(81)89-26-11-12-28-93(89)103)87-42-44-92-96-59-77(34-45-98(96)105(7,8)100(92)62-87)82-51-69(4)52-83(56-82)78-36-46-101(94(58-78)79-23-16-19-67(2)49-79)107(86-41-43-91-90-27-13-14-29-97(90)104(5,6)99(91)61-86)85-39-32-74(33-40-85)73-30-37-84(38-31-73)106-63-70-53-71(64-106)55-72(54-70)65-106/h9-52,56-62,70-72H,53-55,63-65H2,1-8H3. The summed E-state index contributed by atoms with van der Waals surface area (Å²) in [6.07, 6.45) is 8.55. The second kappa shape index (κ2) is 25.3. The maximum atomic E-state index is 2.56. The van der Waals surface area contributed by atoms with Crippen LogP contribution in [0.15, 0.2) is 309 Å². The first-order chi connectivity index (χ1) is 52.5. The van der Waals surface area contributed by atoms with E-state index in [0.29, 0.717) is 5.41 Å². The van der Waals surface area contributed by atoms with Crippen LogP contribution in [0.5, 0.6) is 0 Å². The van der Waals surface area contributed by atoms with Crippen LogP contribution in [0.25, 0.3) is 111 Å². The molecule has 15 aromatic rings. The Hall–Kier alpha value is -11.6. The van der Waals surface area contributed by atoms with Crippen molar-refractivity contribution in [1.82, 2.24) is 0 Å². The van der Waals surface area contributed by atoms with Crippen molar-refractivity contribution >= 4 is 55.7 Å². The molecule has 6 aliphatic rings. The molecule has 0 heterocycles. The van der Waals surface area contributed by atoms with E-state index >= 15 is 0 Å². The highest BCUT2D eigenvalue weighted by atomic mass is 15.2. The first kappa shape index (κ1) is 65.9. The highest BCUT2D eigenvalue weighted by molar-refractivity contribution is 6.15. The molecule has 0 unspecified atom stereocenters. The molecular weight excluding hydrogens is 1300 g/mol. The molecule has 0 amide bonds. The van der Waals surface area contributed by atoms with Crippen molar-refractivity contribution in [3.8, 4) is 89.0 Å². The summed E-state index contributed by atoms with van der Waals surface area (Å²) in [5.41, 5.74) is 38.3. The number of rotatable bonds is 13. The average molecular weight is 1390 g/mol. The van der Waals surface area contributed by atoms with Gasteiger partial charge in [-0.25, -0.2) is 0 Å². The lowest BCUT2D eigenvalue weighted by Gasteiger charge is -2.57. The SMILES string of the molecule is Cc1cccc(-c2ccc(N(c3ccc4c(c3)C(C)(C)c3ccc(-c5cc(C)cc(-c6ccc(N(c7ccc(-c8ccc(C9%10CC%11CC(CC(C%11)C9)C%10)cc8)cc7)c7ccc8c(c7)C(C)(C)c7ccccc7-8)c(-c7cccc(C)c7)c6)c5)cc3-4)c3cc4ccccc4c4ccccc34)c(-c3cccc(C)c3)c2)c1. The Labute approximate surface area is 637 Å². The van der Waals surface area contributed by atoms with Crippen molar-refractivity contribution in [2.45, 2.75) is 110 Å². The zero-order valence-electron chi connectivity index (χ0n) is 63.3. The molecule has 4 saturated carbocycles. The molecule has 4 bridgehead atoms. The monoisotopic (exact) mass is 1390 g/mol. The van der Waals surface area contributed by atoms with Crippen LogP contribution in [-0.4, -0.2) is 0 Å². The van der Waals surface area contributed by atoms with E-state index < -0.39 is 0 Å². The van der Waals surface area contributed by atoms with Gasteiger partial charge in [0.1, 0.15) is 0 Å². The summed E-state index contributed by atoms with van der Waals surface area (Å²) in [5, 5.41) is 4.91. The zero-order chi connectivity index (χ0) is 72.9. The third-order valence-electron chi connectivity index (χ3n) is 26.0. The summed E-state index contributed by atoms with van der Waals surface area (Å²) >= 11 is 0. The molecule has 524 valence electrons. The van der Waals surface area contributed by atoms with E-state index in [1.807, 2.05) is 0 Å². The summed E-state index contributed by atoms with van der Waals surface area (Å²) in [5.74, 6) is 2.77. The number of hydrogen-bond donors (Lipinski definition) is 0. The Balaban J connectivity index is 0.687. The normalized spacial score (nSPS) is 18.1. The largest absolute Gasteiger partial charge is 0.310 e. The van der Waals surface area contributed by atoms with Gasteiger partial charge in [-0.1, -0.05) is 275 Å². The Bertz CT molecular complexity index is 6120. The molecule has 0 spiro atoms. The van der Waals surface area contributed by atoms with Crippen LogP contribution in [0, 0.1) is 45.4 Å². The molecule has 2 nitrogen and oxygen atoms in total. The van der Waals surface area contributed by atoms with Gasteiger partial charge < -0.3 is 9.80 Å². The molecule has 2 heteroatoms. The van der Waals surface area contributed by atoms with Crippen LogP contribution >= 0.6 is 0 Å². The van der Waals surface area contributed by atoms with Gasteiger partial charge in [-0.05, 0) is 296 Å². The second-order valence-electron chi connectivity index (χ2n) is 33.8. The number of anilines is 6. The highest BCUT2D eigenvalue weighted by Gasteiger charge is 2.51. The molecule has 4 fully saturated rings. The van der Waals surface area contributed by atoms with Crippen LogP contribution in [0.2, 0.25) is 0 Å². The summed E-state index contributed by atoms with van der Waals surface area (Å²) < 4.78 is 0. The maximum absolute atomic E-state index is 2.56.